The number of carbonyl (C=O) groups excluding carboxylic acids is 1. The van der Waals surface area contributed by atoms with E-state index in [1.807, 2.05) is 6.07 Å². The molecule has 0 radical (unpaired) electrons. The first-order valence-corrected chi connectivity index (χ1v) is 4.61. The highest BCUT2D eigenvalue weighted by molar-refractivity contribution is 5.91. The molecule has 0 atom stereocenters. The van der Waals surface area contributed by atoms with Crippen LogP contribution in [0.2, 0.25) is 0 Å². The Morgan fingerprint density at radius 2 is 2.24 bits per heavy atom. The summed E-state index contributed by atoms with van der Waals surface area (Å²) in [7, 11) is 1.34. The second kappa shape index (κ2) is 5.47. The molecule has 0 bridgehead atoms. The van der Waals surface area contributed by atoms with Crippen molar-refractivity contribution in [3.05, 3.63) is 34.9 Å². The van der Waals surface area contributed by atoms with Gasteiger partial charge in [0.25, 0.3) is 0 Å². The Kier molecular flexibility index (Phi) is 4.01. The van der Waals surface area contributed by atoms with E-state index in [0.29, 0.717) is 11.8 Å². The first kappa shape index (κ1) is 12.5. The summed E-state index contributed by atoms with van der Waals surface area (Å²) in [6.07, 6.45) is 2.71. The number of aliphatic carboxylic acids is 1. The van der Waals surface area contributed by atoms with Gasteiger partial charge >= 0.3 is 5.97 Å². The maximum absolute atomic E-state index is 10.9. The van der Waals surface area contributed by atoms with Gasteiger partial charge < -0.3 is 9.84 Å². The lowest BCUT2D eigenvalue weighted by Crippen LogP contribution is -1.97. The van der Waals surface area contributed by atoms with E-state index in [2.05, 4.69) is 0 Å². The number of methoxy groups -OCH3 is 1. The molecule has 5 heteroatoms. The van der Waals surface area contributed by atoms with Crippen molar-refractivity contribution in [2.45, 2.75) is 0 Å². The minimum absolute atomic E-state index is 0.148. The van der Waals surface area contributed by atoms with Crippen LogP contribution in [0.25, 0.3) is 6.08 Å². The van der Waals surface area contributed by atoms with Gasteiger partial charge in [0.05, 0.1) is 18.2 Å². The summed E-state index contributed by atoms with van der Waals surface area (Å²) in [6.45, 7) is 0. The SMILES string of the molecule is COc1c(C#N)ccc(/C=C/C(=O)O)c1C=O. The lowest BCUT2D eigenvalue weighted by molar-refractivity contribution is -0.131. The highest BCUT2D eigenvalue weighted by Crippen LogP contribution is 2.26. The van der Waals surface area contributed by atoms with Crippen LogP contribution in [0, 0.1) is 11.3 Å². The number of aldehydes is 1. The van der Waals surface area contributed by atoms with E-state index in [1.54, 1.807) is 0 Å². The normalized spacial score (nSPS) is 9.88. The second-order valence-electron chi connectivity index (χ2n) is 3.05. The van der Waals surface area contributed by atoms with E-state index in [-0.39, 0.29) is 16.9 Å². The Balaban J connectivity index is 3.39. The zero-order valence-corrected chi connectivity index (χ0v) is 9.01. The molecule has 0 aliphatic rings. The molecule has 1 aromatic carbocycles. The Bertz CT molecular complexity index is 526. The average Bonchev–Trinajstić information content (AvgIpc) is 2.34. The fourth-order valence-electron chi connectivity index (χ4n) is 1.35. The molecule has 0 heterocycles. The highest BCUT2D eigenvalue weighted by atomic mass is 16.5. The molecule has 0 aromatic heterocycles. The third kappa shape index (κ3) is 2.69. The maximum Gasteiger partial charge on any atom is 0.328 e. The minimum Gasteiger partial charge on any atom is -0.495 e. The molecule has 0 unspecified atom stereocenters. The standard InChI is InChI=1S/C12H9NO4/c1-17-12-9(6-13)3-2-8(10(12)7-14)4-5-11(15)16/h2-5,7H,1H3,(H,15,16)/b5-4+. The van der Waals surface area contributed by atoms with E-state index in [0.717, 1.165) is 6.08 Å². The lowest BCUT2D eigenvalue weighted by Gasteiger charge is -2.08. The molecule has 1 N–H and O–H groups in total. The van der Waals surface area contributed by atoms with Crippen LogP contribution in [0.15, 0.2) is 18.2 Å². The molecule has 5 nitrogen and oxygen atoms in total. The number of ether oxygens (including phenoxy) is 1. The molecule has 0 aliphatic carbocycles. The van der Waals surface area contributed by atoms with Crippen molar-refractivity contribution in [3.8, 4) is 11.8 Å². The van der Waals surface area contributed by atoms with Gasteiger partial charge in [-0.2, -0.15) is 5.26 Å². The number of hydrogen-bond donors (Lipinski definition) is 1. The molecule has 0 spiro atoms. The smallest absolute Gasteiger partial charge is 0.328 e. The van der Waals surface area contributed by atoms with E-state index in [1.165, 1.54) is 25.3 Å². The topological polar surface area (TPSA) is 87.4 Å². The Hall–Kier alpha value is -2.61. The van der Waals surface area contributed by atoms with E-state index < -0.39 is 5.97 Å². The molecule has 1 rings (SSSR count). The summed E-state index contributed by atoms with van der Waals surface area (Å²) >= 11 is 0. The maximum atomic E-state index is 10.9. The van der Waals surface area contributed by atoms with Gasteiger partial charge in [0, 0.05) is 6.08 Å². The number of nitriles is 1. The minimum atomic E-state index is -1.12. The van der Waals surface area contributed by atoms with Crippen molar-refractivity contribution in [2.24, 2.45) is 0 Å². The monoisotopic (exact) mass is 231 g/mol. The van der Waals surface area contributed by atoms with Crippen molar-refractivity contribution >= 4 is 18.3 Å². The summed E-state index contributed by atoms with van der Waals surface area (Å²) in [5.74, 6) is -0.972. The second-order valence-corrected chi connectivity index (χ2v) is 3.05. The van der Waals surface area contributed by atoms with Gasteiger partial charge in [0.15, 0.2) is 6.29 Å². The first-order chi connectivity index (χ1) is 8.13. The third-order valence-corrected chi connectivity index (χ3v) is 2.08. The fourth-order valence-corrected chi connectivity index (χ4v) is 1.35. The predicted molar refractivity (Wildman–Crippen MR) is 59.8 cm³/mol. The van der Waals surface area contributed by atoms with Crippen LogP contribution in [-0.4, -0.2) is 24.5 Å². The van der Waals surface area contributed by atoms with Crippen LogP contribution in [0.4, 0.5) is 0 Å². The Morgan fingerprint density at radius 3 is 2.71 bits per heavy atom. The van der Waals surface area contributed by atoms with Crippen molar-refractivity contribution < 1.29 is 19.4 Å². The molecule has 0 aliphatic heterocycles. The van der Waals surface area contributed by atoms with Gasteiger partial charge in [-0.15, -0.1) is 0 Å². The summed E-state index contributed by atoms with van der Waals surface area (Å²) in [5.41, 5.74) is 0.768. The highest BCUT2D eigenvalue weighted by Gasteiger charge is 2.12. The van der Waals surface area contributed by atoms with Gasteiger partial charge in [-0.1, -0.05) is 6.07 Å². The summed E-state index contributed by atoms with van der Waals surface area (Å²) in [6, 6.07) is 4.84. The van der Waals surface area contributed by atoms with E-state index in [9.17, 15) is 9.59 Å². The lowest BCUT2D eigenvalue weighted by atomic mass is 10.0. The summed E-state index contributed by atoms with van der Waals surface area (Å²) in [5, 5.41) is 17.3. The fraction of sp³-hybridized carbons (Fsp3) is 0.0833. The number of rotatable bonds is 4. The van der Waals surface area contributed by atoms with Gasteiger partial charge in [0.2, 0.25) is 0 Å². The number of carbonyl (C=O) groups is 2. The van der Waals surface area contributed by atoms with Crippen molar-refractivity contribution in [1.82, 2.24) is 0 Å². The average molecular weight is 231 g/mol. The number of carboxylic acids is 1. The van der Waals surface area contributed by atoms with Gasteiger partial charge in [-0.05, 0) is 17.7 Å². The van der Waals surface area contributed by atoms with Gasteiger partial charge in [-0.25, -0.2) is 4.79 Å². The summed E-state index contributed by atoms with van der Waals surface area (Å²) in [4.78, 5) is 21.3. The van der Waals surface area contributed by atoms with E-state index >= 15 is 0 Å². The number of nitrogens with zero attached hydrogens (tertiary/aromatic N) is 1. The van der Waals surface area contributed by atoms with Gasteiger partial charge in [-0.3, -0.25) is 4.79 Å². The Labute approximate surface area is 97.6 Å². The number of benzene rings is 1. The van der Waals surface area contributed by atoms with Crippen molar-refractivity contribution in [3.63, 3.8) is 0 Å². The van der Waals surface area contributed by atoms with Gasteiger partial charge in [0.1, 0.15) is 11.8 Å². The molecule has 0 amide bonds. The van der Waals surface area contributed by atoms with Crippen LogP contribution in [0.3, 0.4) is 0 Å². The predicted octanol–water partition coefficient (Wildman–Crippen LogP) is 1.48. The third-order valence-electron chi connectivity index (χ3n) is 2.08. The largest absolute Gasteiger partial charge is 0.495 e. The molecule has 17 heavy (non-hydrogen) atoms. The molecular weight excluding hydrogens is 222 g/mol. The molecule has 1 aromatic rings. The Morgan fingerprint density at radius 1 is 1.53 bits per heavy atom. The zero-order chi connectivity index (χ0) is 12.8. The van der Waals surface area contributed by atoms with Crippen LogP contribution < -0.4 is 4.74 Å². The number of hydrogen-bond acceptors (Lipinski definition) is 4. The van der Waals surface area contributed by atoms with Crippen LogP contribution in [-0.2, 0) is 4.79 Å². The zero-order valence-electron chi connectivity index (χ0n) is 9.01. The van der Waals surface area contributed by atoms with Crippen LogP contribution in [0.5, 0.6) is 5.75 Å². The van der Waals surface area contributed by atoms with Crippen molar-refractivity contribution in [1.29, 1.82) is 5.26 Å². The molecular formula is C12H9NO4. The van der Waals surface area contributed by atoms with Crippen molar-refractivity contribution in [2.75, 3.05) is 7.11 Å². The molecule has 0 fully saturated rings. The molecule has 0 saturated heterocycles. The van der Waals surface area contributed by atoms with E-state index in [4.69, 9.17) is 15.1 Å². The quantitative estimate of drug-likeness (QED) is 0.626. The molecule has 86 valence electrons. The number of carboxylic acid groups (broad SMARTS) is 1. The first-order valence-electron chi connectivity index (χ1n) is 4.61. The summed E-state index contributed by atoms with van der Waals surface area (Å²) < 4.78 is 4.97. The molecule has 0 saturated carbocycles. The van der Waals surface area contributed by atoms with Crippen LogP contribution in [0.1, 0.15) is 21.5 Å². The van der Waals surface area contributed by atoms with Crippen LogP contribution >= 0.6 is 0 Å².